The van der Waals surface area contributed by atoms with E-state index in [-0.39, 0.29) is 5.69 Å². The van der Waals surface area contributed by atoms with Crippen LogP contribution in [-0.2, 0) is 0 Å². The fraction of sp³-hybridized carbons (Fsp3) is 0.500. The Balaban J connectivity index is 1.92. The summed E-state index contributed by atoms with van der Waals surface area (Å²) < 4.78 is 0. The molecule has 1 fully saturated rings. The van der Waals surface area contributed by atoms with Gasteiger partial charge in [-0.2, -0.15) is 0 Å². The molecule has 0 unspecified atom stereocenters. The van der Waals surface area contributed by atoms with Crippen molar-refractivity contribution in [3.05, 3.63) is 34.4 Å². The van der Waals surface area contributed by atoms with E-state index in [2.05, 4.69) is 6.92 Å². The quantitative estimate of drug-likeness (QED) is 0.598. The van der Waals surface area contributed by atoms with Gasteiger partial charge in [0, 0.05) is 25.2 Å². The minimum absolute atomic E-state index is 0.0876. The first-order chi connectivity index (χ1) is 8.15. The summed E-state index contributed by atoms with van der Waals surface area (Å²) in [6.07, 6.45) is 2.26. The molecule has 1 saturated heterocycles. The second kappa shape index (κ2) is 5.14. The molecule has 92 valence electrons. The smallest absolute Gasteiger partial charge is 0.269 e. The lowest BCUT2D eigenvalue weighted by molar-refractivity contribution is -0.384. The van der Waals surface area contributed by atoms with Gasteiger partial charge in [0.2, 0.25) is 0 Å². The average molecular weight is 236 g/mol. The second-order valence-electron chi connectivity index (χ2n) is 4.45. The van der Waals surface area contributed by atoms with E-state index in [1.54, 1.807) is 12.1 Å². The van der Waals surface area contributed by atoms with Gasteiger partial charge in [-0.1, -0.05) is 6.92 Å². The Kier molecular flexibility index (Phi) is 3.58. The molecular formula is C12H16N2O3. The first-order valence-corrected chi connectivity index (χ1v) is 5.82. The van der Waals surface area contributed by atoms with E-state index >= 15 is 0 Å². The summed E-state index contributed by atoms with van der Waals surface area (Å²) in [6, 6.07) is 6.19. The standard InChI is InChI=1S/C12H16N2O3/c1-10-6-8-13(9-7-10)17-12-4-2-11(3-5-12)14(15)16/h2-5,10H,6-9H2,1H3. The summed E-state index contributed by atoms with van der Waals surface area (Å²) in [5, 5.41) is 12.4. The second-order valence-corrected chi connectivity index (χ2v) is 4.45. The fourth-order valence-electron chi connectivity index (χ4n) is 1.85. The van der Waals surface area contributed by atoms with E-state index in [0.29, 0.717) is 5.75 Å². The number of benzene rings is 1. The van der Waals surface area contributed by atoms with Crippen LogP contribution in [0.3, 0.4) is 0 Å². The van der Waals surface area contributed by atoms with Crippen LogP contribution >= 0.6 is 0 Å². The van der Waals surface area contributed by atoms with Gasteiger partial charge < -0.3 is 4.84 Å². The van der Waals surface area contributed by atoms with E-state index in [9.17, 15) is 10.1 Å². The summed E-state index contributed by atoms with van der Waals surface area (Å²) in [5.74, 6) is 1.41. The van der Waals surface area contributed by atoms with Crippen LogP contribution in [0.2, 0.25) is 0 Å². The highest BCUT2D eigenvalue weighted by Gasteiger charge is 2.17. The Hall–Kier alpha value is -1.62. The maximum Gasteiger partial charge on any atom is 0.269 e. The number of hydrogen-bond donors (Lipinski definition) is 0. The summed E-state index contributed by atoms with van der Waals surface area (Å²) in [4.78, 5) is 15.7. The third-order valence-corrected chi connectivity index (χ3v) is 3.02. The maximum atomic E-state index is 10.5. The average Bonchev–Trinajstić information content (AvgIpc) is 2.33. The van der Waals surface area contributed by atoms with Crippen LogP contribution in [0.15, 0.2) is 24.3 Å². The lowest BCUT2D eigenvalue weighted by atomic mass is 10.0. The first kappa shape index (κ1) is 11.9. The molecule has 5 heteroatoms. The van der Waals surface area contributed by atoms with Crippen molar-refractivity contribution in [2.24, 2.45) is 5.92 Å². The zero-order valence-electron chi connectivity index (χ0n) is 9.83. The number of nitro groups is 1. The monoisotopic (exact) mass is 236 g/mol. The van der Waals surface area contributed by atoms with Crippen molar-refractivity contribution >= 4 is 5.69 Å². The largest absolute Gasteiger partial charge is 0.406 e. The van der Waals surface area contributed by atoms with Gasteiger partial charge >= 0.3 is 0 Å². The van der Waals surface area contributed by atoms with Gasteiger partial charge in [-0.05, 0) is 30.9 Å². The molecule has 1 aromatic rings. The van der Waals surface area contributed by atoms with Crippen molar-refractivity contribution in [2.45, 2.75) is 19.8 Å². The molecule has 0 aliphatic carbocycles. The van der Waals surface area contributed by atoms with Crippen molar-refractivity contribution in [2.75, 3.05) is 13.1 Å². The molecule has 0 amide bonds. The van der Waals surface area contributed by atoms with Crippen LogP contribution in [0.5, 0.6) is 5.75 Å². The van der Waals surface area contributed by atoms with Gasteiger partial charge in [0.1, 0.15) is 5.75 Å². The third kappa shape index (κ3) is 3.17. The third-order valence-electron chi connectivity index (χ3n) is 3.02. The molecule has 1 heterocycles. The van der Waals surface area contributed by atoms with E-state index in [0.717, 1.165) is 31.8 Å². The van der Waals surface area contributed by atoms with E-state index in [1.165, 1.54) is 12.1 Å². The van der Waals surface area contributed by atoms with Crippen LogP contribution < -0.4 is 4.84 Å². The Morgan fingerprint density at radius 2 is 1.88 bits per heavy atom. The van der Waals surface area contributed by atoms with Gasteiger partial charge in [-0.15, -0.1) is 5.06 Å². The molecule has 17 heavy (non-hydrogen) atoms. The lowest BCUT2D eigenvalue weighted by Crippen LogP contribution is -2.35. The van der Waals surface area contributed by atoms with Gasteiger partial charge in [0.25, 0.3) is 5.69 Å². The minimum Gasteiger partial charge on any atom is -0.406 e. The van der Waals surface area contributed by atoms with Crippen molar-refractivity contribution in [1.29, 1.82) is 0 Å². The number of rotatable bonds is 3. The highest BCUT2D eigenvalue weighted by Crippen LogP contribution is 2.21. The number of nitrogens with zero attached hydrogens (tertiary/aromatic N) is 2. The summed E-state index contributed by atoms with van der Waals surface area (Å²) in [7, 11) is 0. The molecule has 0 aromatic heterocycles. The first-order valence-electron chi connectivity index (χ1n) is 5.82. The van der Waals surface area contributed by atoms with Crippen LogP contribution in [0.25, 0.3) is 0 Å². The summed E-state index contributed by atoms with van der Waals surface area (Å²) >= 11 is 0. The number of hydrogen-bond acceptors (Lipinski definition) is 4. The summed E-state index contributed by atoms with van der Waals surface area (Å²) in [5.41, 5.74) is 0.0876. The zero-order chi connectivity index (χ0) is 12.3. The molecule has 2 rings (SSSR count). The topological polar surface area (TPSA) is 55.6 Å². The Morgan fingerprint density at radius 3 is 2.41 bits per heavy atom. The summed E-state index contributed by atoms with van der Waals surface area (Å²) in [6.45, 7) is 4.07. The molecule has 1 aliphatic heterocycles. The molecular weight excluding hydrogens is 220 g/mol. The van der Waals surface area contributed by atoms with Crippen molar-refractivity contribution in [3.8, 4) is 5.75 Å². The van der Waals surface area contributed by atoms with Crippen molar-refractivity contribution in [3.63, 3.8) is 0 Å². The molecule has 0 radical (unpaired) electrons. The highest BCUT2D eigenvalue weighted by atomic mass is 16.7. The van der Waals surface area contributed by atoms with Gasteiger partial charge in [0.05, 0.1) is 4.92 Å². The van der Waals surface area contributed by atoms with Crippen molar-refractivity contribution < 1.29 is 9.76 Å². The van der Waals surface area contributed by atoms with Gasteiger partial charge in [-0.3, -0.25) is 10.1 Å². The Bertz CT molecular complexity index is 383. The van der Waals surface area contributed by atoms with Crippen LogP contribution in [-0.4, -0.2) is 23.1 Å². The highest BCUT2D eigenvalue weighted by molar-refractivity contribution is 5.35. The van der Waals surface area contributed by atoms with Crippen LogP contribution in [0.4, 0.5) is 5.69 Å². The van der Waals surface area contributed by atoms with E-state index in [1.807, 2.05) is 5.06 Å². The van der Waals surface area contributed by atoms with Crippen molar-refractivity contribution in [1.82, 2.24) is 5.06 Å². The SMILES string of the molecule is CC1CCN(Oc2ccc([N+](=O)[O-])cc2)CC1. The zero-order valence-corrected chi connectivity index (χ0v) is 9.83. The van der Waals surface area contributed by atoms with E-state index in [4.69, 9.17) is 4.84 Å². The predicted molar refractivity (Wildman–Crippen MR) is 63.7 cm³/mol. The Labute approximate surface area is 100 Å². The maximum absolute atomic E-state index is 10.5. The molecule has 0 atom stereocenters. The minimum atomic E-state index is -0.410. The van der Waals surface area contributed by atoms with Gasteiger partial charge in [-0.25, -0.2) is 0 Å². The lowest BCUT2D eigenvalue weighted by Gasteiger charge is -2.29. The molecule has 0 saturated carbocycles. The van der Waals surface area contributed by atoms with Crippen LogP contribution in [0.1, 0.15) is 19.8 Å². The fourth-order valence-corrected chi connectivity index (χ4v) is 1.85. The molecule has 0 bridgehead atoms. The molecule has 0 N–H and O–H groups in total. The van der Waals surface area contributed by atoms with E-state index < -0.39 is 4.92 Å². The number of nitro benzene ring substituents is 1. The molecule has 1 aromatic carbocycles. The number of piperidine rings is 1. The molecule has 0 spiro atoms. The Morgan fingerprint density at radius 1 is 1.29 bits per heavy atom. The number of non-ortho nitro benzene ring substituents is 1. The normalized spacial score (nSPS) is 17.9. The number of hydroxylamine groups is 2. The van der Waals surface area contributed by atoms with Gasteiger partial charge in [0.15, 0.2) is 0 Å². The van der Waals surface area contributed by atoms with Crippen LogP contribution in [0, 0.1) is 16.0 Å². The molecule has 1 aliphatic rings. The predicted octanol–water partition coefficient (Wildman–Crippen LogP) is 2.62. The molecule has 5 nitrogen and oxygen atoms in total.